The highest BCUT2D eigenvalue weighted by Crippen LogP contribution is 2.17. The fraction of sp³-hybridized carbons (Fsp3) is 0.625. The number of aryl methyl sites for hydroxylation is 1. The van der Waals surface area contributed by atoms with Crippen LogP contribution >= 0.6 is 0 Å². The Balaban J connectivity index is 1.99. The number of hydrogen-bond donors (Lipinski definition) is 1. The minimum absolute atomic E-state index is 0.0663. The van der Waals surface area contributed by atoms with E-state index in [4.69, 9.17) is 0 Å². The minimum Gasteiger partial charge on any atom is -0.395 e. The largest absolute Gasteiger partial charge is 0.395 e. The van der Waals surface area contributed by atoms with Crippen molar-refractivity contribution in [3.8, 4) is 0 Å². The number of benzene rings is 1. The Labute approximate surface area is 133 Å². The first-order valence-corrected chi connectivity index (χ1v) is 9.46. The number of piperazine rings is 1. The van der Waals surface area contributed by atoms with E-state index in [9.17, 15) is 13.5 Å². The summed E-state index contributed by atoms with van der Waals surface area (Å²) < 4.78 is 26.7. The lowest BCUT2D eigenvalue weighted by Gasteiger charge is -2.37. The molecule has 6 heteroatoms. The maximum atomic E-state index is 12.6. The number of aliphatic hydroxyl groups excluding tert-OH is 1. The number of hydrogen-bond acceptors (Lipinski definition) is 4. The zero-order chi connectivity index (χ0) is 16.2. The minimum atomic E-state index is -3.28. The van der Waals surface area contributed by atoms with Crippen molar-refractivity contribution in [3.63, 3.8) is 0 Å². The van der Waals surface area contributed by atoms with Crippen molar-refractivity contribution in [2.45, 2.75) is 32.1 Å². The van der Waals surface area contributed by atoms with Gasteiger partial charge in [-0.25, -0.2) is 8.42 Å². The SMILES string of the molecule is CCC(CO)N1CCN(S(=O)(=O)Cc2ccccc2C)CC1. The highest BCUT2D eigenvalue weighted by atomic mass is 32.2. The Hall–Kier alpha value is -0.950. The quantitative estimate of drug-likeness (QED) is 0.854. The molecule has 1 heterocycles. The highest BCUT2D eigenvalue weighted by Gasteiger charge is 2.29. The van der Waals surface area contributed by atoms with Crippen molar-refractivity contribution in [2.75, 3.05) is 32.8 Å². The summed E-state index contributed by atoms with van der Waals surface area (Å²) in [5.74, 6) is 0.0663. The first-order chi connectivity index (χ1) is 10.5. The van der Waals surface area contributed by atoms with Gasteiger partial charge in [-0.05, 0) is 24.5 Å². The predicted octanol–water partition coefficient (Wildman–Crippen LogP) is 1.21. The third kappa shape index (κ3) is 4.07. The second-order valence-corrected chi connectivity index (χ2v) is 7.83. The van der Waals surface area contributed by atoms with Gasteiger partial charge in [0, 0.05) is 32.2 Å². The number of aliphatic hydroxyl groups is 1. The van der Waals surface area contributed by atoms with Gasteiger partial charge in [0.05, 0.1) is 12.4 Å². The molecular weight excluding hydrogens is 300 g/mol. The molecule has 1 N–H and O–H groups in total. The molecule has 0 saturated carbocycles. The van der Waals surface area contributed by atoms with Crippen LogP contribution in [0.3, 0.4) is 0 Å². The van der Waals surface area contributed by atoms with E-state index in [1.54, 1.807) is 4.31 Å². The lowest BCUT2D eigenvalue weighted by molar-refractivity contribution is 0.0880. The van der Waals surface area contributed by atoms with E-state index < -0.39 is 10.0 Å². The molecule has 0 amide bonds. The monoisotopic (exact) mass is 326 g/mol. The van der Waals surface area contributed by atoms with E-state index in [1.807, 2.05) is 38.1 Å². The van der Waals surface area contributed by atoms with Crippen molar-refractivity contribution in [1.29, 1.82) is 0 Å². The van der Waals surface area contributed by atoms with Gasteiger partial charge >= 0.3 is 0 Å². The summed E-state index contributed by atoms with van der Waals surface area (Å²) in [5.41, 5.74) is 1.88. The fourth-order valence-corrected chi connectivity index (χ4v) is 4.53. The summed E-state index contributed by atoms with van der Waals surface area (Å²) in [6, 6.07) is 7.76. The van der Waals surface area contributed by atoms with Crippen molar-refractivity contribution in [2.24, 2.45) is 0 Å². The van der Waals surface area contributed by atoms with Crippen LogP contribution in [0.4, 0.5) is 0 Å². The molecule has 22 heavy (non-hydrogen) atoms. The molecule has 0 radical (unpaired) electrons. The molecule has 1 atom stereocenters. The second kappa shape index (κ2) is 7.55. The molecule has 0 bridgehead atoms. The molecule has 1 aliphatic heterocycles. The number of rotatable bonds is 6. The van der Waals surface area contributed by atoms with E-state index in [-0.39, 0.29) is 18.4 Å². The van der Waals surface area contributed by atoms with Crippen molar-refractivity contribution < 1.29 is 13.5 Å². The average Bonchev–Trinajstić information content (AvgIpc) is 2.51. The van der Waals surface area contributed by atoms with E-state index in [0.717, 1.165) is 17.5 Å². The van der Waals surface area contributed by atoms with Gasteiger partial charge < -0.3 is 5.11 Å². The highest BCUT2D eigenvalue weighted by molar-refractivity contribution is 7.88. The summed E-state index contributed by atoms with van der Waals surface area (Å²) >= 11 is 0. The molecular formula is C16H26N2O3S. The van der Waals surface area contributed by atoms with Crippen molar-refractivity contribution >= 4 is 10.0 Å². The van der Waals surface area contributed by atoms with Crippen LogP contribution in [0.5, 0.6) is 0 Å². The molecule has 1 aromatic carbocycles. The first-order valence-electron chi connectivity index (χ1n) is 7.85. The van der Waals surface area contributed by atoms with Gasteiger partial charge in [-0.2, -0.15) is 4.31 Å². The maximum absolute atomic E-state index is 12.6. The molecule has 1 unspecified atom stereocenters. The second-order valence-electron chi connectivity index (χ2n) is 5.86. The first kappa shape index (κ1) is 17.4. The van der Waals surface area contributed by atoms with E-state index >= 15 is 0 Å². The van der Waals surface area contributed by atoms with E-state index in [2.05, 4.69) is 4.90 Å². The van der Waals surface area contributed by atoms with Crippen LogP contribution in [0.25, 0.3) is 0 Å². The molecule has 1 saturated heterocycles. The molecule has 0 spiro atoms. The number of nitrogens with zero attached hydrogens (tertiary/aromatic N) is 2. The molecule has 1 aliphatic rings. The van der Waals surface area contributed by atoms with E-state index in [1.165, 1.54) is 0 Å². The lowest BCUT2D eigenvalue weighted by atomic mass is 10.1. The molecule has 1 fully saturated rings. The summed E-state index contributed by atoms with van der Waals surface area (Å²) in [6.45, 7) is 6.50. The lowest BCUT2D eigenvalue weighted by Crippen LogP contribution is -2.52. The van der Waals surface area contributed by atoms with Gasteiger partial charge in [-0.3, -0.25) is 4.90 Å². The van der Waals surface area contributed by atoms with Crippen LogP contribution in [0.1, 0.15) is 24.5 Å². The van der Waals surface area contributed by atoms with Gasteiger partial charge in [0.2, 0.25) is 10.0 Å². The maximum Gasteiger partial charge on any atom is 0.218 e. The Morgan fingerprint density at radius 2 is 1.82 bits per heavy atom. The van der Waals surface area contributed by atoms with Crippen LogP contribution in [0.15, 0.2) is 24.3 Å². The average molecular weight is 326 g/mol. The molecule has 5 nitrogen and oxygen atoms in total. The van der Waals surface area contributed by atoms with E-state index in [0.29, 0.717) is 26.2 Å². The summed E-state index contributed by atoms with van der Waals surface area (Å²) in [5, 5.41) is 9.36. The topological polar surface area (TPSA) is 60.9 Å². The molecule has 1 aromatic rings. The third-order valence-electron chi connectivity index (χ3n) is 4.46. The molecule has 2 rings (SSSR count). The summed E-state index contributed by atoms with van der Waals surface area (Å²) in [6.07, 6.45) is 0.881. The van der Waals surface area contributed by atoms with Crippen molar-refractivity contribution in [1.82, 2.24) is 9.21 Å². The summed E-state index contributed by atoms with van der Waals surface area (Å²) in [4.78, 5) is 2.18. The standard InChI is InChI=1S/C16H26N2O3S/c1-3-16(12-19)17-8-10-18(11-9-17)22(20,21)13-15-7-5-4-6-14(15)2/h4-7,16,19H,3,8-13H2,1-2H3. The van der Waals surface area contributed by atoms with Gasteiger partial charge in [-0.15, -0.1) is 0 Å². The van der Waals surface area contributed by atoms with Crippen molar-refractivity contribution in [3.05, 3.63) is 35.4 Å². The van der Waals surface area contributed by atoms with Crippen LogP contribution in [-0.2, 0) is 15.8 Å². The Morgan fingerprint density at radius 3 is 2.36 bits per heavy atom. The van der Waals surface area contributed by atoms with Crippen LogP contribution in [0.2, 0.25) is 0 Å². The van der Waals surface area contributed by atoms with Gasteiger partial charge in [0.25, 0.3) is 0 Å². The fourth-order valence-electron chi connectivity index (χ4n) is 2.91. The van der Waals surface area contributed by atoms with Gasteiger partial charge in [0.1, 0.15) is 0 Å². The zero-order valence-corrected chi connectivity index (χ0v) is 14.2. The number of sulfonamides is 1. The van der Waals surface area contributed by atoms with Crippen LogP contribution < -0.4 is 0 Å². The Morgan fingerprint density at radius 1 is 1.18 bits per heavy atom. The smallest absolute Gasteiger partial charge is 0.218 e. The molecule has 0 aromatic heterocycles. The van der Waals surface area contributed by atoms with Crippen LogP contribution in [-0.4, -0.2) is 61.6 Å². The molecule has 0 aliphatic carbocycles. The molecule has 124 valence electrons. The Kier molecular flexibility index (Phi) is 5.97. The van der Waals surface area contributed by atoms with Gasteiger partial charge in [-0.1, -0.05) is 31.2 Å². The summed E-state index contributed by atoms with van der Waals surface area (Å²) in [7, 11) is -3.28. The zero-order valence-electron chi connectivity index (χ0n) is 13.4. The van der Waals surface area contributed by atoms with Crippen LogP contribution in [0, 0.1) is 6.92 Å². The van der Waals surface area contributed by atoms with Gasteiger partial charge in [0.15, 0.2) is 0 Å². The Bertz CT molecular complexity index is 577. The normalized spacial score (nSPS) is 19.2. The third-order valence-corrected chi connectivity index (χ3v) is 6.29. The predicted molar refractivity (Wildman–Crippen MR) is 88.1 cm³/mol.